The SMILES string of the molecule is CCNC(=S)N(Cc1ccc2c(c1)OCO2)Cc1cc2cccc(C)c2[nH]c1=O. The first kappa shape index (κ1) is 19.3. The highest BCUT2D eigenvalue weighted by Crippen LogP contribution is 2.33. The monoisotopic (exact) mass is 409 g/mol. The maximum atomic E-state index is 12.7. The summed E-state index contributed by atoms with van der Waals surface area (Å²) in [7, 11) is 0. The molecule has 6 nitrogen and oxygen atoms in total. The van der Waals surface area contributed by atoms with Crippen molar-refractivity contribution in [2.75, 3.05) is 13.3 Å². The van der Waals surface area contributed by atoms with Crippen molar-refractivity contribution in [1.29, 1.82) is 0 Å². The molecule has 0 amide bonds. The molecule has 0 saturated heterocycles. The van der Waals surface area contributed by atoms with Crippen LogP contribution in [0.1, 0.15) is 23.6 Å². The Morgan fingerprint density at radius 2 is 2.00 bits per heavy atom. The zero-order valence-corrected chi connectivity index (χ0v) is 17.3. The van der Waals surface area contributed by atoms with Crippen molar-refractivity contribution < 1.29 is 9.47 Å². The topological polar surface area (TPSA) is 66.6 Å². The van der Waals surface area contributed by atoms with E-state index in [1.54, 1.807) is 0 Å². The lowest BCUT2D eigenvalue weighted by atomic mass is 10.1. The van der Waals surface area contributed by atoms with E-state index in [4.69, 9.17) is 21.7 Å². The largest absolute Gasteiger partial charge is 0.454 e. The summed E-state index contributed by atoms with van der Waals surface area (Å²) in [5.41, 5.74) is 3.53. The van der Waals surface area contributed by atoms with Gasteiger partial charge in [-0.3, -0.25) is 4.79 Å². The molecule has 2 aromatic carbocycles. The van der Waals surface area contributed by atoms with Crippen molar-refractivity contribution in [3.63, 3.8) is 0 Å². The number of hydrogen-bond acceptors (Lipinski definition) is 4. The molecule has 0 bridgehead atoms. The number of ether oxygens (including phenoxy) is 2. The maximum Gasteiger partial charge on any atom is 0.253 e. The van der Waals surface area contributed by atoms with Gasteiger partial charge in [0.1, 0.15) is 0 Å². The van der Waals surface area contributed by atoms with Crippen LogP contribution in [0.4, 0.5) is 0 Å². The third-order valence-corrected chi connectivity index (χ3v) is 5.35. The number of rotatable bonds is 5. The van der Waals surface area contributed by atoms with E-state index in [9.17, 15) is 4.79 Å². The van der Waals surface area contributed by atoms with Crippen LogP contribution in [0.5, 0.6) is 11.5 Å². The van der Waals surface area contributed by atoms with Crippen LogP contribution in [0.2, 0.25) is 0 Å². The number of aryl methyl sites for hydroxylation is 1. The van der Waals surface area contributed by atoms with Crippen molar-refractivity contribution in [3.05, 3.63) is 69.5 Å². The normalized spacial score (nSPS) is 12.2. The Bertz CT molecular complexity index is 1130. The number of benzene rings is 2. The molecule has 0 aliphatic carbocycles. The second-order valence-corrected chi connectivity index (χ2v) is 7.43. The van der Waals surface area contributed by atoms with E-state index in [2.05, 4.69) is 10.3 Å². The summed E-state index contributed by atoms with van der Waals surface area (Å²) < 4.78 is 10.9. The standard InChI is InChI=1S/C22H23N3O3S/c1-3-23-22(29)25(11-15-7-8-18-19(9-15)28-13-27-18)12-17-10-16-6-4-5-14(2)20(16)24-21(17)26/h4-10H,3,11-13H2,1-2H3,(H,23,29)(H,24,26). The van der Waals surface area contributed by atoms with Gasteiger partial charge < -0.3 is 24.7 Å². The zero-order valence-electron chi connectivity index (χ0n) is 16.5. The molecule has 0 spiro atoms. The summed E-state index contributed by atoms with van der Waals surface area (Å²) >= 11 is 5.58. The number of para-hydroxylation sites is 1. The Labute approximate surface area is 174 Å². The van der Waals surface area contributed by atoms with Crippen LogP contribution < -0.4 is 20.3 Å². The van der Waals surface area contributed by atoms with Gasteiger partial charge in [0.05, 0.1) is 12.1 Å². The molecule has 2 heterocycles. The van der Waals surface area contributed by atoms with Crippen LogP contribution in [-0.2, 0) is 13.1 Å². The van der Waals surface area contributed by atoms with Crippen LogP contribution in [-0.4, -0.2) is 28.3 Å². The van der Waals surface area contributed by atoms with Crippen molar-refractivity contribution in [2.24, 2.45) is 0 Å². The van der Waals surface area contributed by atoms with E-state index in [0.29, 0.717) is 30.3 Å². The lowest BCUT2D eigenvalue weighted by Gasteiger charge is -2.26. The van der Waals surface area contributed by atoms with Crippen molar-refractivity contribution in [3.8, 4) is 11.5 Å². The molecule has 4 rings (SSSR count). The Morgan fingerprint density at radius 1 is 1.17 bits per heavy atom. The first-order valence-corrected chi connectivity index (χ1v) is 9.99. The van der Waals surface area contributed by atoms with Gasteiger partial charge in [0.15, 0.2) is 16.6 Å². The molecule has 0 fully saturated rings. The minimum atomic E-state index is -0.0956. The van der Waals surface area contributed by atoms with Gasteiger partial charge in [-0.2, -0.15) is 0 Å². The van der Waals surface area contributed by atoms with Gasteiger partial charge in [-0.05, 0) is 60.8 Å². The number of nitrogens with one attached hydrogen (secondary N) is 2. The predicted octanol–water partition coefficient (Wildman–Crippen LogP) is 3.46. The first-order valence-electron chi connectivity index (χ1n) is 9.58. The molecule has 0 saturated carbocycles. The number of H-pyrrole nitrogens is 1. The molecule has 1 aliphatic heterocycles. The number of hydrogen-bond donors (Lipinski definition) is 2. The minimum absolute atomic E-state index is 0.0956. The fourth-order valence-electron chi connectivity index (χ4n) is 3.47. The van der Waals surface area contributed by atoms with Gasteiger partial charge in [-0.25, -0.2) is 0 Å². The smallest absolute Gasteiger partial charge is 0.253 e. The van der Waals surface area contributed by atoms with Crippen LogP contribution in [0, 0.1) is 6.92 Å². The summed E-state index contributed by atoms with van der Waals surface area (Å²) in [4.78, 5) is 17.7. The van der Waals surface area contributed by atoms with E-state index >= 15 is 0 Å². The maximum absolute atomic E-state index is 12.7. The van der Waals surface area contributed by atoms with E-state index in [-0.39, 0.29) is 12.4 Å². The minimum Gasteiger partial charge on any atom is -0.454 e. The summed E-state index contributed by atoms with van der Waals surface area (Å²) in [6, 6.07) is 13.8. The number of thiocarbonyl (C=S) groups is 1. The van der Waals surface area contributed by atoms with Crippen molar-refractivity contribution >= 4 is 28.2 Å². The Kier molecular flexibility index (Phi) is 5.40. The third-order valence-electron chi connectivity index (χ3n) is 4.95. The molecule has 29 heavy (non-hydrogen) atoms. The van der Waals surface area contributed by atoms with Crippen LogP contribution in [0.25, 0.3) is 10.9 Å². The molecule has 0 radical (unpaired) electrons. The van der Waals surface area contributed by atoms with Crippen LogP contribution >= 0.6 is 12.2 Å². The van der Waals surface area contributed by atoms with Crippen LogP contribution in [0.15, 0.2) is 47.3 Å². The van der Waals surface area contributed by atoms with Gasteiger partial charge in [-0.15, -0.1) is 0 Å². The van der Waals surface area contributed by atoms with Crippen molar-refractivity contribution in [2.45, 2.75) is 26.9 Å². The average molecular weight is 410 g/mol. The fourth-order valence-corrected chi connectivity index (χ4v) is 3.75. The number of aromatic nitrogens is 1. The second-order valence-electron chi connectivity index (χ2n) is 7.04. The highest BCUT2D eigenvalue weighted by atomic mass is 32.1. The number of pyridine rings is 1. The molecule has 3 aromatic rings. The molecule has 7 heteroatoms. The van der Waals surface area contributed by atoms with Gasteiger partial charge in [0.25, 0.3) is 5.56 Å². The molecule has 2 N–H and O–H groups in total. The van der Waals surface area contributed by atoms with Gasteiger partial charge >= 0.3 is 0 Å². The molecule has 1 aliphatic rings. The van der Waals surface area contributed by atoms with Crippen molar-refractivity contribution in [1.82, 2.24) is 15.2 Å². The number of nitrogens with zero attached hydrogens (tertiary/aromatic N) is 1. The summed E-state index contributed by atoms with van der Waals surface area (Å²) in [6.45, 7) is 5.89. The van der Waals surface area contributed by atoms with Gasteiger partial charge in [0.2, 0.25) is 6.79 Å². The fraction of sp³-hybridized carbons (Fsp3) is 0.273. The van der Waals surface area contributed by atoms with E-state index in [1.807, 2.05) is 61.2 Å². The lowest BCUT2D eigenvalue weighted by molar-refractivity contribution is 0.174. The van der Waals surface area contributed by atoms with E-state index in [1.165, 1.54) is 0 Å². The molecule has 0 atom stereocenters. The molecule has 0 unspecified atom stereocenters. The highest BCUT2D eigenvalue weighted by Gasteiger charge is 2.17. The Morgan fingerprint density at radius 3 is 2.83 bits per heavy atom. The van der Waals surface area contributed by atoms with E-state index < -0.39 is 0 Å². The zero-order chi connectivity index (χ0) is 20.4. The Balaban J connectivity index is 1.64. The average Bonchev–Trinajstić information content (AvgIpc) is 3.17. The molecular formula is C22H23N3O3S. The van der Waals surface area contributed by atoms with Gasteiger partial charge in [0, 0.05) is 18.7 Å². The van der Waals surface area contributed by atoms with E-state index in [0.717, 1.165) is 33.5 Å². The quantitative estimate of drug-likeness (QED) is 0.629. The Hall–Kier alpha value is -3.06. The predicted molar refractivity (Wildman–Crippen MR) is 117 cm³/mol. The van der Waals surface area contributed by atoms with Gasteiger partial charge in [-0.1, -0.05) is 24.3 Å². The summed E-state index contributed by atoms with van der Waals surface area (Å²) in [6.07, 6.45) is 0. The highest BCUT2D eigenvalue weighted by molar-refractivity contribution is 7.80. The molecule has 150 valence electrons. The third kappa shape index (κ3) is 4.05. The first-order chi connectivity index (χ1) is 14.0. The molecular weight excluding hydrogens is 386 g/mol. The van der Waals surface area contributed by atoms with Crippen LogP contribution in [0.3, 0.4) is 0 Å². The number of aromatic amines is 1. The summed E-state index contributed by atoms with van der Waals surface area (Å²) in [5.74, 6) is 1.48. The lowest BCUT2D eigenvalue weighted by Crippen LogP contribution is -2.39. The summed E-state index contributed by atoms with van der Waals surface area (Å²) in [5, 5.41) is 4.81. The number of fused-ring (bicyclic) bond motifs is 2. The molecule has 1 aromatic heterocycles. The second kappa shape index (κ2) is 8.13.